The van der Waals surface area contributed by atoms with Crippen molar-refractivity contribution in [2.24, 2.45) is 17.3 Å². The Labute approximate surface area is 108 Å². The minimum Gasteiger partial charge on any atom is -0.314 e. The summed E-state index contributed by atoms with van der Waals surface area (Å²) in [5.41, 5.74) is 0.446. The van der Waals surface area contributed by atoms with Gasteiger partial charge in [-0.2, -0.15) is 0 Å². The lowest BCUT2D eigenvalue weighted by molar-refractivity contribution is 0.0884. The first-order chi connectivity index (χ1) is 8.01. The summed E-state index contributed by atoms with van der Waals surface area (Å²) in [6, 6.07) is 0.726. The molecule has 0 radical (unpaired) electrons. The molecule has 0 spiro atoms. The van der Waals surface area contributed by atoms with Crippen molar-refractivity contribution in [3.63, 3.8) is 0 Å². The van der Waals surface area contributed by atoms with E-state index in [4.69, 9.17) is 0 Å². The lowest BCUT2D eigenvalue weighted by Gasteiger charge is -2.44. The molecule has 1 aliphatic carbocycles. The molecule has 3 atom stereocenters. The summed E-state index contributed by atoms with van der Waals surface area (Å²) in [5.74, 6) is 1.73. The normalized spacial score (nSPS) is 30.2. The van der Waals surface area contributed by atoms with Gasteiger partial charge < -0.3 is 5.32 Å². The summed E-state index contributed by atoms with van der Waals surface area (Å²) in [6.45, 7) is 14.5. The third kappa shape index (κ3) is 4.13. The molecule has 0 bridgehead atoms. The molecule has 0 aromatic rings. The lowest BCUT2D eigenvalue weighted by atomic mass is 9.64. The van der Waals surface area contributed by atoms with E-state index in [0.717, 1.165) is 30.8 Å². The topological polar surface area (TPSA) is 12.0 Å². The molecule has 3 unspecified atom stereocenters. The Hall–Kier alpha value is -0.300. The van der Waals surface area contributed by atoms with Crippen molar-refractivity contribution >= 4 is 0 Å². The highest BCUT2D eigenvalue weighted by Gasteiger charge is 2.37. The van der Waals surface area contributed by atoms with E-state index in [0.29, 0.717) is 5.41 Å². The highest BCUT2D eigenvalue weighted by Crippen LogP contribution is 2.42. The predicted molar refractivity (Wildman–Crippen MR) is 77.2 cm³/mol. The first-order valence-corrected chi connectivity index (χ1v) is 7.35. The third-order valence-electron chi connectivity index (χ3n) is 4.58. The van der Waals surface area contributed by atoms with Gasteiger partial charge in [0.1, 0.15) is 0 Å². The van der Waals surface area contributed by atoms with Gasteiger partial charge in [-0.25, -0.2) is 0 Å². The van der Waals surface area contributed by atoms with E-state index >= 15 is 0 Å². The van der Waals surface area contributed by atoms with Gasteiger partial charge in [0.15, 0.2) is 0 Å². The van der Waals surface area contributed by atoms with E-state index in [1.807, 2.05) is 0 Å². The number of rotatable bonds is 6. The van der Waals surface area contributed by atoms with Crippen LogP contribution < -0.4 is 5.32 Å². The smallest absolute Gasteiger partial charge is 0.0103 e. The highest BCUT2D eigenvalue weighted by molar-refractivity contribution is 4.92. The summed E-state index contributed by atoms with van der Waals surface area (Å²) < 4.78 is 0. The largest absolute Gasteiger partial charge is 0.314 e. The molecule has 1 aliphatic rings. The van der Waals surface area contributed by atoms with Crippen molar-refractivity contribution in [1.82, 2.24) is 5.32 Å². The van der Waals surface area contributed by atoms with Crippen LogP contribution in [-0.4, -0.2) is 12.6 Å². The molecular weight excluding hydrogens is 206 g/mol. The molecular formula is C16H31N. The minimum atomic E-state index is 0.446. The first kappa shape index (κ1) is 14.8. The van der Waals surface area contributed by atoms with Crippen LogP contribution in [0, 0.1) is 17.3 Å². The Bertz CT molecular complexity index is 232. The quantitative estimate of drug-likeness (QED) is 0.675. The van der Waals surface area contributed by atoms with Crippen molar-refractivity contribution < 1.29 is 0 Å². The van der Waals surface area contributed by atoms with Gasteiger partial charge in [-0.05, 0) is 49.5 Å². The van der Waals surface area contributed by atoms with E-state index in [1.165, 1.54) is 25.7 Å². The predicted octanol–water partition coefficient (Wildman–Crippen LogP) is 4.39. The fourth-order valence-electron chi connectivity index (χ4n) is 3.46. The molecule has 0 aromatic carbocycles. The van der Waals surface area contributed by atoms with E-state index in [2.05, 4.69) is 45.7 Å². The highest BCUT2D eigenvalue weighted by atomic mass is 14.9. The molecule has 17 heavy (non-hydrogen) atoms. The zero-order valence-corrected chi connectivity index (χ0v) is 12.3. The molecule has 0 amide bonds. The molecule has 1 fully saturated rings. The molecule has 1 N–H and O–H groups in total. The molecule has 0 heterocycles. The second kappa shape index (κ2) is 6.58. The van der Waals surface area contributed by atoms with Crippen molar-refractivity contribution in [3.05, 3.63) is 12.7 Å². The summed E-state index contributed by atoms with van der Waals surface area (Å²) in [5, 5.41) is 3.72. The zero-order valence-electron chi connectivity index (χ0n) is 12.3. The van der Waals surface area contributed by atoms with Crippen LogP contribution >= 0.6 is 0 Å². The Morgan fingerprint density at radius 2 is 2.06 bits per heavy atom. The maximum atomic E-state index is 3.86. The van der Waals surface area contributed by atoms with Crippen molar-refractivity contribution in [3.8, 4) is 0 Å². The Balaban J connectivity index is 2.66. The average Bonchev–Trinajstić information content (AvgIpc) is 2.27. The van der Waals surface area contributed by atoms with Crippen LogP contribution in [0.1, 0.15) is 59.8 Å². The lowest BCUT2D eigenvalue weighted by Crippen LogP contribution is -2.46. The van der Waals surface area contributed by atoms with Gasteiger partial charge in [-0.3, -0.25) is 0 Å². The monoisotopic (exact) mass is 237 g/mol. The van der Waals surface area contributed by atoms with Gasteiger partial charge in [-0.1, -0.05) is 40.2 Å². The van der Waals surface area contributed by atoms with E-state index in [-0.39, 0.29) is 0 Å². The third-order valence-corrected chi connectivity index (χ3v) is 4.58. The molecule has 1 rings (SSSR count). The Morgan fingerprint density at radius 1 is 1.35 bits per heavy atom. The second-order valence-electron chi connectivity index (χ2n) is 6.50. The summed E-state index contributed by atoms with van der Waals surface area (Å²) in [7, 11) is 0. The number of hydrogen-bond donors (Lipinski definition) is 1. The SMILES string of the molecule is C=CCCC(C)(C)C1CCC(C)CC1NCC. The number of hydrogen-bond acceptors (Lipinski definition) is 1. The van der Waals surface area contributed by atoms with Crippen LogP contribution in [0.2, 0.25) is 0 Å². The molecule has 100 valence electrons. The van der Waals surface area contributed by atoms with Crippen LogP contribution in [0.15, 0.2) is 12.7 Å². The Kier molecular flexibility index (Phi) is 5.72. The average molecular weight is 237 g/mol. The maximum absolute atomic E-state index is 3.86. The molecule has 0 saturated heterocycles. The first-order valence-electron chi connectivity index (χ1n) is 7.35. The van der Waals surface area contributed by atoms with Crippen molar-refractivity contribution in [2.45, 2.75) is 65.8 Å². The second-order valence-corrected chi connectivity index (χ2v) is 6.50. The van der Waals surface area contributed by atoms with E-state index in [1.54, 1.807) is 0 Å². The molecule has 0 aliphatic heterocycles. The summed E-state index contributed by atoms with van der Waals surface area (Å²) in [6.07, 6.45) is 8.65. The van der Waals surface area contributed by atoms with Crippen molar-refractivity contribution in [1.29, 1.82) is 0 Å². The van der Waals surface area contributed by atoms with Crippen molar-refractivity contribution in [2.75, 3.05) is 6.54 Å². The van der Waals surface area contributed by atoms with Gasteiger partial charge in [-0.15, -0.1) is 6.58 Å². The van der Waals surface area contributed by atoms with Crippen LogP contribution in [0.25, 0.3) is 0 Å². The van der Waals surface area contributed by atoms with Gasteiger partial charge in [0.05, 0.1) is 0 Å². The van der Waals surface area contributed by atoms with Crippen LogP contribution in [0.5, 0.6) is 0 Å². The summed E-state index contributed by atoms with van der Waals surface area (Å²) >= 11 is 0. The van der Waals surface area contributed by atoms with Crippen LogP contribution in [-0.2, 0) is 0 Å². The maximum Gasteiger partial charge on any atom is 0.0103 e. The fourth-order valence-corrected chi connectivity index (χ4v) is 3.46. The zero-order chi connectivity index (χ0) is 12.9. The van der Waals surface area contributed by atoms with Gasteiger partial charge in [0.25, 0.3) is 0 Å². The van der Waals surface area contributed by atoms with Crippen LogP contribution in [0.3, 0.4) is 0 Å². The van der Waals surface area contributed by atoms with E-state index in [9.17, 15) is 0 Å². The standard InChI is InChI=1S/C16H31N/c1-6-8-11-16(4,5)14-10-9-13(3)12-15(14)17-7-2/h6,13-15,17H,1,7-12H2,2-5H3. The minimum absolute atomic E-state index is 0.446. The Morgan fingerprint density at radius 3 is 2.65 bits per heavy atom. The van der Waals surface area contributed by atoms with Gasteiger partial charge in [0.2, 0.25) is 0 Å². The fraction of sp³-hybridized carbons (Fsp3) is 0.875. The molecule has 1 heteroatoms. The summed E-state index contributed by atoms with van der Waals surface area (Å²) in [4.78, 5) is 0. The van der Waals surface area contributed by atoms with E-state index < -0.39 is 0 Å². The van der Waals surface area contributed by atoms with Gasteiger partial charge in [0, 0.05) is 6.04 Å². The number of allylic oxidation sites excluding steroid dienone is 1. The van der Waals surface area contributed by atoms with Crippen LogP contribution in [0.4, 0.5) is 0 Å². The number of nitrogens with one attached hydrogen (secondary N) is 1. The molecule has 1 saturated carbocycles. The molecule has 0 aromatic heterocycles. The molecule has 1 nitrogen and oxygen atoms in total. The van der Waals surface area contributed by atoms with Gasteiger partial charge >= 0.3 is 0 Å².